The fraction of sp³-hybridized carbons (Fsp3) is 0.235. The smallest absolute Gasteiger partial charge is 0.329 e. The number of primary amides is 1. The molecule has 0 fully saturated rings. The van der Waals surface area contributed by atoms with Gasteiger partial charge in [-0.05, 0) is 57.0 Å². The van der Waals surface area contributed by atoms with Crippen LogP contribution in [0, 0.1) is 27.7 Å². The van der Waals surface area contributed by atoms with E-state index in [0.717, 1.165) is 22.6 Å². The first kappa shape index (κ1) is 16.5. The number of aryl methyl sites for hydroxylation is 3. The van der Waals surface area contributed by atoms with Crippen LogP contribution in [-0.4, -0.2) is 22.6 Å². The van der Waals surface area contributed by atoms with E-state index in [2.05, 4.69) is 47.1 Å². The van der Waals surface area contributed by atoms with Gasteiger partial charge in [0.25, 0.3) is 0 Å². The van der Waals surface area contributed by atoms with Gasteiger partial charge in [-0.25, -0.2) is 5.43 Å². The predicted molar refractivity (Wildman–Crippen MR) is 89.6 cm³/mol. The summed E-state index contributed by atoms with van der Waals surface area (Å²) in [5.74, 6) is -2.01. The number of amides is 2. The lowest BCUT2D eigenvalue weighted by Crippen LogP contribution is -2.32. The van der Waals surface area contributed by atoms with E-state index < -0.39 is 11.8 Å². The first-order valence-electron chi connectivity index (χ1n) is 7.20. The number of aromatic nitrogens is 1. The molecule has 0 spiro atoms. The lowest BCUT2D eigenvalue weighted by atomic mass is 10.1. The zero-order valence-corrected chi connectivity index (χ0v) is 13.7. The maximum absolute atomic E-state index is 11.1. The Balaban J connectivity index is 2.32. The summed E-state index contributed by atoms with van der Waals surface area (Å²) in [4.78, 5) is 21.7. The number of hydrogen-bond acceptors (Lipinski definition) is 3. The third-order valence-electron chi connectivity index (χ3n) is 3.81. The molecule has 1 aromatic heterocycles. The van der Waals surface area contributed by atoms with Crippen molar-refractivity contribution in [2.24, 2.45) is 10.8 Å². The van der Waals surface area contributed by atoms with Gasteiger partial charge >= 0.3 is 11.8 Å². The van der Waals surface area contributed by atoms with Crippen LogP contribution in [0.5, 0.6) is 0 Å². The van der Waals surface area contributed by atoms with E-state index in [1.807, 2.05) is 19.9 Å². The zero-order valence-electron chi connectivity index (χ0n) is 13.7. The van der Waals surface area contributed by atoms with Gasteiger partial charge in [-0.3, -0.25) is 9.59 Å². The van der Waals surface area contributed by atoms with E-state index in [1.54, 1.807) is 0 Å². The second kappa shape index (κ2) is 6.48. The first-order chi connectivity index (χ1) is 10.8. The number of hydrazone groups is 1. The van der Waals surface area contributed by atoms with Crippen LogP contribution in [0.1, 0.15) is 28.1 Å². The zero-order chi connectivity index (χ0) is 17.1. The fourth-order valence-electron chi connectivity index (χ4n) is 2.40. The molecule has 2 rings (SSSR count). The Morgan fingerprint density at radius 1 is 1.13 bits per heavy atom. The van der Waals surface area contributed by atoms with Crippen molar-refractivity contribution >= 4 is 18.0 Å². The molecule has 0 aliphatic carbocycles. The van der Waals surface area contributed by atoms with Crippen molar-refractivity contribution in [3.8, 4) is 5.69 Å². The van der Waals surface area contributed by atoms with Crippen LogP contribution >= 0.6 is 0 Å². The van der Waals surface area contributed by atoms with Crippen LogP contribution in [0.25, 0.3) is 5.69 Å². The van der Waals surface area contributed by atoms with Gasteiger partial charge in [-0.15, -0.1) is 0 Å². The maximum atomic E-state index is 11.1. The van der Waals surface area contributed by atoms with E-state index in [9.17, 15) is 9.59 Å². The minimum Gasteiger partial charge on any atom is -0.361 e. The monoisotopic (exact) mass is 312 g/mol. The van der Waals surface area contributed by atoms with Crippen molar-refractivity contribution in [2.45, 2.75) is 27.7 Å². The van der Waals surface area contributed by atoms with Gasteiger partial charge in [0.2, 0.25) is 0 Å². The largest absolute Gasteiger partial charge is 0.361 e. The highest BCUT2D eigenvalue weighted by Gasteiger charge is 2.11. The topological polar surface area (TPSA) is 89.5 Å². The number of nitrogens with one attached hydrogen (secondary N) is 1. The molecule has 2 amide bonds. The number of carbonyl (C=O) groups excluding carboxylic acids is 2. The van der Waals surface area contributed by atoms with Crippen molar-refractivity contribution in [1.82, 2.24) is 9.99 Å². The first-order valence-corrected chi connectivity index (χ1v) is 7.20. The Morgan fingerprint density at radius 3 is 2.43 bits per heavy atom. The Hall–Kier alpha value is -2.89. The highest BCUT2D eigenvalue weighted by Crippen LogP contribution is 2.21. The third-order valence-corrected chi connectivity index (χ3v) is 3.81. The average molecular weight is 312 g/mol. The van der Waals surface area contributed by atoms with Crippen LogP contribution < -0.4 is 11.2 Å². The molecule has 23 heavy (non-hydrogen) atoms. The van der Waals surface area contributed by atoms with E-state index in [-0.39, 0.29) is 0 Å². The summed E-state index contributed by atoms with van der Waals surface area (Å²) in [6.07, 6.45) is 1.50. The Labute approximate surface area is 135 Å². The summed E-state index contributed by atoms with van der Waals surface area (Å²) < 4.78 is 2.11. The fourth-order valence-corrected chi connectivity index (χ4v) is 2.40. The molecule has 2 aromatic rings. The SMILES string of the molecule is Cc1ccc(-n2c(C)cc(/C=N\NC(=O)C(N)=O)c2C)cc1C. The number of carbonyl (C=O) groups is 2. The van der Waals surface area contributed by atoms with Gasteiger partial charge in [0.15, 0.2) is 0 Å². The highest BCUT2D eigenvalue weighted by atomic mass is 16.2. The minimum absolute atomic E-state index is 0.852. The molecule has 0 aliphatic heterocycles. The Bertz CT molecular complexity index is 803. The second-order valence-corrected chi connectivity index (χ2v) is 5.49. The van der Waals surface area contributed by atoms with Gasteiger partial charge in [-0.2, -0.15) is 5.10 Å². The summed E-state index contributed by atoms with van der Waals surface area (Å²) in [5, 5.41) is 3.76. The molecule has 0 saturated carbocycles. The van der Waals surface area contributed by atoms with Gasteiger partial charge in [0.05, 0.1) is 6.21 Å². The Morgan fingerprint density at radius 2 is 1.83 bits per heavy atom. The third kappa shape index (κ3) is 3.48. The van der Waals surface area contributed by atoms with E-state index in [4.69, 9.17) is 5.73 Å². The Kier molecular flexibility index (Phi) is 4.64. The molecule has 0 atom stereocenters. The van der Waals surface area contributed by atoms with Crippen molar-refractivity contribution in [2.75, 3.05) is 0 Å². The normalized spacial score (nSPS) is 11.0. The molecule has 0 aliphatic rings. The quantitative estimate of drug-likeness (QED) is 0.512. The lowest BCUT2D eigenvalue weighted by molar-refractivity contribution is -0.137. The van der Waals surface area contributed by atoms with Crippen molar-refractivity contribution in [3.05, 3.63) is 52.3 Å². The standard InChI is InChI=1S/C17H20N4O2/c1-10-5-6-15(7-11(10)2)21-12(3)8-14(13(21)4)9-19-20-17(23)16(18)22/h5-9H,1-4H3,(H2,18,22)(H,20,23)/b19-9-. The van der Waals surface area contributed by atoms with Crippen molar-refractivity contribution in [3.63, 3.8) is 0 Å². The summed E-state index contributed by atoms with van der Waals surface area (Å²) in [6, 6.07) is 8.25. The van der Waals surface area contributed by atoms with Gasteiger partial charge in [-0.1, -0.05) is 6.07 Å². The molecule has 0 radical (unpaired) electrons. The number of nitrogens with two attached hydrogens (primary N) is 1. The molecule has 6 heteroatoms. The molecule has 0 unspecified atom stereocenters. The van der Waals surface area contributed by atoms with Gasteiger partial charge in [0.1, 0.15) is 0 Å². The van der Waals surface area contributed by atoms with Crippen LogP contribution in [0.4, 0.5) is 0 Å². The summed E-state index contributed by atoms with van der Waals surface area (Å²) in [7, 11) is 0. The molecule has 0 saturated heterocycles. The number of rotatable bonds is 3. The second-order valence-electron chi connectivity index (χ2n) is 5.49. The van der Waals surface area contributed by atoms with Crippen molar-refractivity contribution in [1.29, 1.82) is 0 Å². The maximum Gasteiger partial charge on any atom is 0.329 e. The van der Waals surface area contributed by atoms with Crippen LogP contribution in [0.3, 0.4) is 0 Å². The molecule has 120 valence electrons. The molecule has 1 aromatic carbocycles. The number of hydrogen-bond donors (Lipinski definition) is 2. The van der Waals surface area contributed by atoms with Crippen LogP contribution in [-0.2, 0) is 9.59 Å². The summed E-state index contributed by atoms with van der Waals surface area (Å²) >= 11 is 0. The number of benzene rings is 1. The van der Waals surface area contributed by atoms with Gasteiger partial charge in [0, 0.05) is 22.6 Å². The van der Waals surface area contributed by atoms with Crippen molar-refractivity contribution < 1.29 is 9.59 Å². The lowest BCUT2D eigenvalue weighted by Gasteiger charge is -2.11. The highest BCUT2D eigenvalue weighted by molar-refractivity contribution is 6.34. The van der Waals surface area contributed by atoms with Gasteiger partial charge < -0.3 is 10.3 Å². The molecule has 3 N–H and O–H groups in total. The predicted octanol–water partition coefficient (Wildman–Crippen LogP) is 1.65. The molecular weight excluding hydrogens is 292 g/mol. The van der Waals surface area contributed by atoms with E-state index in [1.165, 1.54) is 17.3 Å². The number of nitrogens with zero attached hydrogens (tertiary/aromatic N) is 2. The molecule has 6 nitrogen and oxygen atoms in total. The summed E-state index contributed by atoms with van der Waals surface area (Å²) in [5.41, 5.74) is 13.4. The summed E-state index contributed by atoms with van der Waals surface area (Å²) in [6.45, 7) is 8.13. The van der Waals surface area contributed by atoms with Crippen LogP contribution in [0.15, 0.2) is 29.4 Å². The minimum atomic E-state index is -1.07. The molecular formula is C17H20N4O2. The molecule has 0 bridgehead atoms. The van der Waals surface area contributed by atoms with Crippen LogP contribution in [0.2, 0.25) is 0 Å². The molecule has 1 heterocycles. The van der Waals surface area contributed by atoms with E-state index >= 15 is 0 Å². The van der Waals surface area contributed by atoms with E-state index in [0.29, 0.717) is 0 Å². The average Bonchev–Trinajstić information content (AvgIpc) is 2.76.